The van der Waals surface area contributed by atoms with Crippen molar-refractivity contribution in [3.8, 4) is 5.75 Å². The van der Waals surface area contributed by atoms with Crippen molar-refractivity contribution in [1.82, 2.24) is 5.32 Å². The van der Waals surface area contributed by atoms with Crippen LogP contribution in [-0.4, -0.2) is 29.8 Å². The van der Waals surface area contributed by atoms with E-state index in [1.807, 2.05) is 6.92 Å². The van der Waals surface area contributed by atoms with E-state index >= 15 is 0 Å². The fourth-order valence-corrected chi connectivity index (χ4v) is 2.09. The first-order chi connectivity index (χ1) is 12.5. The first kappa shape index (κ1) is 18.9. The van der Waals surface area contributed by atoms with Gasteiger partial charge in [-0.2, -0.15) is 0 Å². The van der Waals surface area contributed by atoms with Gasteiger partial charge < -0.3 is 10.1 Å². The van der Waals surface area contributed by atoms with Crippen molar-refractivity contribution in [2.75, 3.05) is 13.2 Å². The standard InChI is InChI=1S/C19H18N2O5/c1-2-20-19(23)13-26-17-10-3-14(4-11-17)5-12-18(22)15-6-8-16(9-7-15)21(24)25/h3-12H,2,13H2,1H3,(H,20,23). The van der Waals surface area contributed by atoms with Crippen LogP contribution in [0.1, 0.15) is 22.8 Å². The molecule has 0 fully saturated rings. The Labute approximate surface area is 150 Å². The van der Waals surface area contributed by atoms with Crippen molar-refractivity contribution in [2.24, 2.45) is 0 Å². The number of hydrogen-bond donors (Lipinski definition) is 1. The number of ketones is 1. The highest BCUT2D eigenvalue weighted by atomic mass is 16.6. The average molecular weight is 354 g/mol. The molecule has 0 atom stereocenters. The molecule has 26 heavy (non-hydrogen) atoms. The first-order valence-electron chi connectivity index (χ1n) is 7.96. The van der Waals surface area contributed by atoms with Gasteiger partial charge >= 0.3 is 0 Å². The fraction of sp³-hybridized carbons (Fsp3) is 0.158. The average Bonchev–Trinajstić information content (AvgIpc) is 2.65. The van der Waals surface area contributed by atoms with Crippen LogP contribution in [0.15, 0.2) is 54.6 Å². The lowest BCUT2D eigenvalue weighted by Gasteiger charge is -2.06. The molecule has 7 nitrogen and oxygen atoms in total. The number of carbonyl (C=O) groups excluding carboxylic acids is 2. The Balaban J connectivity index is 1.94. The van der Waals surface area contributed by atoms with Gasteiger partial charge in [-0.15, -0.1) is 0 Å². The number of nitro groups is 1. The van der Waals surface area contributed by atoms with Crippen molar-refractivity contribution in [3.63, 3.8) is 0 Å². The Morgan fingerprint density at radius 2 is 1.77 bits per heavy atom. The molecule has 2 aromatic carbocycles. The highest BCUT2D eigenvalue weighted by Crippen LogP contribution is 2.15. The molecule has 1 amide bonds. The highest BCUT2D eigenvalue weighted by molar-refractivity contribution is 6.06. The Bertz CT molecular complexity index is 811. The molecule has 2 rings (SSSR count). The van der Waals surface area contributed by atoms with E-state index in [1.54, 1.807) is 30.3 Å². The van der Waals surface area contributed by atoms with Crippen molar-refractivity contribution in [1.29, 1.82) is 0 Å². The second kappa shape index (κ2) is 9.12. The van der Waals surface area contributed by atoms with Gasteiger partial charge in [0, 0.05) is 24.2 Å². The third-order valence-electron chi connectivity index (χ3n) is 3.41. The Hall–Kier alpha value is -3.48. The number of nitrogens with zero attached hydrogens (tertiary/aromatic N) is 1. The molecule has 0 aromatic heterocycles. The Morgan fingerprint density at radius 3 is 2.35 bits per heavy atom. The molecular formula is C19H18N2O5. The quantitative estimate of drug-likeness (QED) is 0.340. The molecule has 0 aliphatic rings. The smallest absolute Gasteiger partial charge is 0.269 e. The van der Waals surface area contributed by atoms with E-state index in [0.29, 0.717) is 17.9 Å². The summed E-state index contributed by atoms with van der Waals surface area (Å²) in [5.41, 5.74) is 1.09. The predicted octanol–water partition coefficient (Wildman–Crippen LogP) is 3.01. The number of benzene rings is 2. The van der Waals surface area contributed by atoms with E-state index in [1.165, 1.54) is 30.3 Å². The summed E-state index contributed by atoms with van der Waals surface area (Å²) in [5, 5.41) is 13.2. The van der Waals surface area contributed by atoms with Crippen LogP contribution in [0.2, 0.25) is 0 Å². The number of allylic oxidation sites excluding steroid dienone is 1. The second-order valence-electron chi connectivity index (χ2n) is 5.31. The van der Waals surface area contributed by atoms with Crippen LogP contribution in [0, 0.1) is 10.1 Å². The third kappa shape index (κ3) is 5.55. The van der Waals surface area contributed by atoms with E-state index in [4.69, 9.17) is 4.74 Å². The summed E-state index contributed by atoms with van der Waals surface area (Å²) in [6.45, 7) is 2.33. The summed E-state index contributed by atoms with van der Waals surface area (Å²) in [4.78, 5) is 33.5. The molecule has 1 N–H and O–H groups in total. The zero-order chi connectivity index (χ0) is 18.9. The molecule has 0 heterocycles. The molecule has 0 radical (unpaired) electrons. The number of non-ortho nitro benzene ring substituents is 1. The third-order valence-corrected chi connectivity index (χ3v) is 3.41. The minimum atomic E-state index is -0.514. The van der Waals surface area contributed by atoms with Gasteiger partial charge in [-0.25, -0.2) is 0 Å². The molecular weight excluding hydrogens is 336 g/mol. The van der Waals surface area contributed by atoms with Crippen molar-refractivity contribution in [2.45, 2.75) is 6.92 Å². The lowest BCUT2D eigenvalue weighted by Crippen LogP contribution is -2.28. The van der Waals surface area contributed by atoms with Crippen LogP contribution >= 0.6 is 0 Å². The van der Waals surface area contributed by atoms with E-state index in [9.17, 15) is 19.7 Å². The number of rotatable bonds is 8. The van der Waals surface area contributed by atoms with Crippen molar-refractivity contribution in [3.05, 3.63) is 75.8 Å². The van der Waals surface area contributed by atoms with Gasteiger partial charge in [-0.05, 0) is 42.8 Å². The van der Waals surface area contributed by atoms with Crippen LogP contribution in [0.5, 0.6) is 5.75 Å². The number of amides is 1. The Morgan fingerprint density at radius 1 is 1.12 bits per heavy atom. The van der Waals surface area contributed by atoms with E-state index in [0.717, 1.165) is 5.56 Å². The predicted molar refractivity (Wildman–Crippen MR) is 97.1 cm³/mol. The number of nitrogens with one attached hydrogen (secondary N) is 1. The van der Waals surface area contributed by atoms with Gasteiger partial charge in [0.1, 0.15) is 5.75 Å². The van der Waals surface area contributed by atoms with Crippen LogP contribution in [0.4, 0.5) is 5.69 Å². The van der Waals surface area contributed by atoms with Gasteiger partial charge in [0.15, 0.2) is 12.4 Å². The molecule has 2 aromatic rings. The number of likely N-dealkylation sites (N-methyl/N-ethyl adjacent to an activating group) is 1. The van der Waals surface area contributed by atoms with E-state index in [-0.39, 0.29) is 24.0 Å². The Kier molecular flexibility index (Phi) is 6.61. The zero-order valence-corrected chi connectivity index (χ0v) is 14.2. The maximum absolute atomic E-state index is 12.1. The zero-order valence-electron chi connectivity index (χ0n) is 14.2. The molecule has 0 bridgehead atoms. The second-order valence-corrected chi connectivity index (χ2v) is 5.31. The molecule has 0 unspecified atom stereocenters. The van der Waals surface area contributed by atoms with Gasteiger partial charge in [0.2, 0.25) is 0 Å². The van der Waals surface area contributed by atoms with Crippen LogP contribution in [-0.2, 0) is 4.79 Å². The first-order valence-corrected chi connectivity index (χ1v) is 7.96. The molecule has 0 spiro atoms. The van der Waals surface area contributed by atoms with Crippen LogP contribution in [0.3, 0.4) is 0 Å². The van der Waals surface area contributed by atoms with Crippen LogP contribution < -0.4 is 10.1 Å². The van der Waals surface area contributed by atoms with Gasteiger partial charge in [0.05, 0.1) is 4.92 Å². The molecule has 0 saturated carbocycles. The summed E-state index contributed by atoms with van der Waals surface area (Å²) in [7, 11) is 0. The van der Waals surface area contributed by atoms with Crippen molar-refractivity contribution >= 4 is 23.5 Å². The number of hydrogen-bond acceptors (Lipinski definition) is 5. The maximum atomic E-state index is 12.1. The summed E-state index contributed by atoms with van der Waals surface area (Å²) in [6, 6.07) is 12.3. The number of carbonyl (C=O) groups is 2. The molecule has 7 heteroatoms. The maximum Gasteiger partial charge on any atom is 0.269 e. The highest BCUT2D eigenvalue weighted by Gasteiger charge is 2.07. The summed E-state index contributed by atoms with van der Waals surface area (Å²) in [6.07, 6.45) is 3.03. The molecule has 0 aliphatic heterocycles. The monoisotopic (exact) mass is 354 g/mol. The largest absolute Gasteiger partial charge is 0.484 e. The fourth-order valence-electron chi connectivity index (χ4n) is 2.09. The minimum absolute atomic E-state index is 0.0539. The lowest BCUT2D eigenvalue weighted by molar-refractivity contribution is -0.384. The van der Waals surface area contributed by atoms with Gasteiger partial charge in [-0.1, -0.05) is 18.2 Å². The summed E-state index contributed by atoms with van der Waals surface area (Å²) >= 11 is 0. The topological polar surface area (TPSA) is 98.5 Å². The summed E-state index contributed by atoms with van der Waals surface area (Å²) < 4.78 is 5.34. The molecule has 0 saturated heterocycles. The van der Waals surface area contributed by atoms with Crippen LogP contribution in [0.25, 0.3) is 6.08 Å². The van der Waals surface area contributed by atoms with Crippen molar-refractivity contribution < 1.29 is 19.2 Å². The van der Waals surface area contributed by atoms with E-state index in [2.05, 4.69) is 5.32 Å². The van der Waals surface area contributed by atoms with Gasteiger partial charge in [0.25, 0.3) is 11.6 Å². The number of ether oxygens (including phenoxy) is 1. The SMILES string of the molecule is CCNC(=O)COc1ccc(C=CC(=O)c2ccc([N+](=O)[O-])cc2)cc1. The molecule has 134 valence electrons. The normalized spacial score (nSPS) is 10.5. The minimum Gasteiger partial charge on any atom is -0.484 e. The van der Waals surface area contributed by atoms with Gasteiger partial charge in [-0.3, -0.25) is 19.7 Å². The molecule has 0 aliphatic carbocycles. The number of nitro benzene ring substituents is 1. The van der Waals surface area contributed by atoms with E-state index < -0.39 is 4.92 Å². The lowest BCUT2D eigenvalue weighted by atomic mass is 10.1. The summed E-state index contributed by atoms with van der Waals surface area (Å²) in [5.74, 6) is 0.108.